The normalized spacial score (nSPS) is 12.9. The summed E-state index contributed by atoms with van der Waals surface area (Å²) < 4.78 is 0. The molecule has 1 aromatic rings. The van der Waals surface area contributed by atoms with E-state index in [0.29, 0.717) is 6.54 Å². The molecule has 0 spiro atoms. The number of hydrogen-bond donors (Lipinski definition) is 2. The van der Waals surface area contributed by atoms with Gasteiger partial charge < -0.3 is 11.5 Å². The molecule has 100 valence electrons. The van der Waals surface area contributed by atoms with Gasteiger partial charge in [-0.15, -0.1) is 0 Å². The molecule has 4 nitrogen and oxygen atoms in total. The highest BCUT2D eigenvalue weighted by Crippen LogP contribution is 2.25. The molecule has 1 unspecified atom stereocenters. The second-order valence-corrected chi connectivity index (χ2v) is 4.74. The maximum absolute atomic E-state index is 11.2. The third-order valence-electron chi connectivity index (χ3n) is 3.03. The monoisotopic (exact) mass is 249 g/mol. The summed E-state index contributed by atoms with van der Waals surface area (Å²) in [6.07, 6.45) is 0.815. The second-order valence-electron chi connectivity index (χ2n) is 4.74. The Balaban J connectivity index is 2.96. The van der Waals surface area contributed by atoms with Gasteiger partial charge in [0.15, 0.2) is 0 Å². The molecular formula is C14H23N3O. The molecule has 0 aliphatic rings. The summed E-state index contributed by atoms with van der Waals surface area (Å²) in [5.41, 5.74) is 12.2. The molecule has 0 bridgehead atoms. The SMILES string of the molecule is CC(C)N(CC(N)=O)C(CCN)c1ccccc1. The Hall–Kier alpha value is -1.39. The minimum Gasteiger partial charge on any atom is -0.369 e. The number of nitrogens with two attached hydrogens (primary N) is 2. The van der Waals surface area contributed by atoms with Gasteiger partial charge in [-0.05, 0) is 32.4 Å². The van der Waals surface area contributed by atoms with Crippen molar-refractivity contribution in [3.63, 3.8) is 0 Å². The molecule has 0 aromatic heterocycles. The van der Waals surface area contributed by atoms with Crippen LogP contribution in [0.1, 0.15) is 31.9 Å². The Morgan fingerprint density at radius 3 is 2.33 bits per heavy atom. The van der Waals surface area contributed by atoms with Crippen LogP contribution < -0.4 is 11.5 Å². The first-order valence-electron chi connectivity index (χ1n) is 6.35. The number of carbonyl (C=O) groups is 1. The molecule has 18 heavy (non-hydrogen) atoms. The van der Waals surface area contributed by atoms with Crippen molar-refractivity contribution in [2.45, 2.75) is 32.4 Å². The first-order chi connectivity index (χ1) is 8.56. The van der Waals surface area contributed by atoms with Crippen molar-refractivity contribution in [3.05, 3.63) is 35.9 Å². The van der Waals surface area contributed by atoms with E-state index >= 15 is 0 Å². The maximum atomic E-state index is 11.2. The summed E-state index contributed by atoms with van der Waals surface area (Å²) in [7, 11) is 0. The van der Waals surface area contributed by atoms with Gasteiger partial charge in [0, 0.05) is 12.1 Å². The quantitative estimate of drug-likeness (QED) is 0.764. The van der Waals surface area contributed by atoms with Crippen molar-refractivity contribution in [3.8, 4) is 0 Å². The van der Waals surface area contributed by atoms with Gasteiger partial charge in [-0.25, -0.2) is 0 Å². The number of rotatable bonds is 7. The van der Waals surface area contributed by atoms with Crippen LogP contribution in [0.3, 0.4) is 0 Å². The maximum Gasteiger partial charge on any atom is 0.231 e. The lowest BCUT2D eigenvalue weighted by Crippen LogP contribution is -2.41. The minimum atomic E-state index is -0.304. The van der Waals surface area contributed by atoms with Gasteiger partial charge >= 0.3 is 0 Å². The molecule has 1 rings (SSSR count). The van der Waals surface area contributed by atoms with Gasteiger partial charge in [0.1, 0.15) is 0 Å². The molecular weight excluding hydrogens is 226 g/mol. The molecule has 0 heterocycles. The molecule has 4 heteroatoms. The zero-order chi connectivity index (χ0) is 13.5. The fraction of sp³-hybridized carbons (Fsp3) is 0.500. The zero-order valence-corrected chi connectivity index (χ0v) is 11.2. The molecule has 4 N–H and O–H groups in total. The Morgan fingerprint density at radius 1 is 1.28 bits per heavy atom. The van der Waals surface area contributed by atoms with Crippen molar-refractivity contribution < 1.29 is 4.79 Å². The average Bonchev–Trinajstić information content (AvgIpc) is 2.34. The van der Waals surface area contributed by atoms with E-state index in [-0.39, 0.29) is 24.5 Å². The van der Waals surface area contributed by atoms with Crippen LogP contribution in [0.5, 0.6) is 0 Å². The van der Waals surface area contributed by atoms with Crippen LogP contribution in [0, 0.1) is 0 Å². The molecule has 0 aliphatic carbocycles. The Kier molecular flexibility index (Phi) is 5.82. The fourth-order valence-corrected chi connectivity index (χ4v) is 2.19. The molecule has 0 radical (unpaired) electrons. The van der Waals surface area contributed by atoms with E-state index in [1.807, 2.05) is 18.2 Å². The van der Waals surface area contributed by atoms with E-state index < -0.39 is 0 Å². The van der Waals surface area contributed by atoms with Crippen LogP contribution in [-0.2, 0) is 4.79 Å². The topological polar surface area (TPSA) is 72.3 Å². The lowest BCUT2D eigenvalue weighted by atomic mass is 10.0. The number of primary amides is 1. The van der Waals surface area contributed by atoms with E-state index in [1.54, 1.807) is 0 Å². The van der Waals surface area contributed by atoms with Crippen molar-refractivity contribution in [1.82, 2.24) is 4.90 Å². The van der Waals surface area contributed by atoms with Gasteiger partial charge in [-0.3, -0.25) is 9.69 Å². The van der Waals surface area contributed by atoms with Crippen LogP contribution in [0.4, 0.5) is 0 Å². The van der Waals surface area contributed by atoms with E-state index in [0.717, 1.165) is 6.42 Å². The fourth-order valence-electron chi connectivity index (χ4n) is 2.19. The standard InChI is InChI=1S/C14H23N3O/c1-11(2)17(10-14(16)18)13(8-9-15)12-6-4-3-5-7-12/h3-7,11,13H,8-10,15H2,1-2H3,(H2,16,18). The van der Waals surface area contributed by atoms with Crippen molar-refractivity contribution in [1.29, 1.82) is 0 Å². The van der Waals surface area contributed by atoms with Crippen molar-refractivity contribution in [2.24, 2.45) is 11.5 Å². The third-order valence-corrected chi connectivity index (χ3v) is 3.03. The van der Waals surface area contributed by atoms with Gasteiger partial charge in [-0.1, -0.05) is 30.3 Å². The molecule has 1 amide bonds. The summed E-state index contributed by atoms with van der Waals surface area (Å²) in [4.78, 5) is 13.3. The van der Waals surface area contributed by atoms with Gasteiger partial charge in [0.2, 0.25) is 5.91 Å². The molecule has 1 aromatic carbocycles. The third kappa shape index (κ3) is 4.13. The van der Waals surface area contributed by atoms with E-state index in [1.165, 1.54) is 5.56 Å². The molecule has 0 aliphatic heterocycles. The predicted octanol–water partition coefficient (Wildman–Crippen LogP) is 1.27. The highest BCUT2D eigenvalue weighted by atomic mass is 16.1. The molecule has 0 saturated carbocycles. The van der Waals surface area contributed by atoms with E-state index in [2.05, 4.69) is 30.9 Å². The zero-order valence-electron chi connectivity index (χ0n) is 11.2. The van der Waals surface area contributed by atoms with Crippen molar-refractivity contribution >= 4 is 5.91 Å². The minimum absolute atomic E-state index is 0.142. The average molecular weight is 249 g/mol. The lowest BCUT2D eigenvalue weighted by molar-refractivity contribution is -0.120. The van der Waals surface area contributed by atoms with Crippen molar-refractivity contribution in [2.75, 3.05) is 13.1 Å². The van der Waals surface area contributed by atoms with Crippen LogP contribution in [0.15, 0.2) is 30.3 Å². The number of nitrogens with zero attached hydrogens (tertiary/aromatic N) is 1. The molecule has 1 atom stereocenters. The summed E-state index contributed by atoms with van der Waals surface area (Å²) in [6.45, 7) is 4.98. The number of amides is 1. The summed E-state index contributed by atoms with van der Waals surface area (Å²) in [6, 6.07) is 10.5. The number of hydrogen-bond acceptors (Lipinski definition) is 3. The van der Waals surface area contributed by atoms with Crippen LogP contribution in [-0.4, -0.2) is 29.9 Å². The first kappa shape index (κ1) is 14.7. The van der Waals surface area contributed by atoms with Crippen LogP contribution in [0.2, 0.25) is 0 Å². The Labute approximate surface area is 109 Å². The summed E-state index contributed by atoms with van der Waals surface area (Å²) in [5, 5.41) is 0. The largest absolute Gasteiger partial charge is 0.369 e. The van der Waals surface area contributed by atoms with E-state index in [4.69, 9.17) is 11.5 Å². The van der Waals surface area contributed by atoms with Gasteiger partial charge in [0.25, 0.3) is 0 Å². The Bertz CT molecular complexity index is 365. The number of benzene rings is 1. The highest BCUT2D eigenvalue weighted by Gasteiger charge is 2.23. The van der Waals surface area contributed by atoms with E-state index in [9.17, 15) is 4.79 Å². The lowest BCUT2D eigenvalue weighted by Gasteiger charge is -2.34. The number of carbonyl (C=O) groups excluding carboxylic acids is 1. The second kappa shape index (κ2) is 7.13. The smallest absolute Gasteiger partial charge is 0.231 e. The summed E-state index contributed by atoms with van der Waals surface area (Å²) >= 11 is 0. The van der Waals surface area contributed by atoms with Crippen LogP contribution >= 0.6 is 0 Å². The predicted molar refractivity (Wildman–Crippen MR) is 73.9 cm³/mol. The first-order valence-corrected chi connectivity index (χ1v) is 6.35. The molecule has 0 fully saturated rings. The van der Waals surface area contributed by atoms with Crippen LogP contribution in [0.25, 0.3) is 0 Å². The Morgan fingerprint density at radius 2 is 1.89 bits per heavy atom. The summed E-state index contributed by atoms with van der Waals surface area (Å²) in [5.74, 6) is -0.304. The highest BCUT2D eigenvalue weighted by molar-refractivity contribution is 5.76. The molecule has 0 saturated heterocycles. The van der Waals surface area contributed by atoms with Gasteiger partial charge in [0.05, 0.1) is 6.54 Å². The van der Waals surface area contributed by atoms with Gasteiger partial charge in [-0.2, -0.15) is 0 Å².